The molecule has 0 unspecified atom stereocenters. The maximum atomic E-state index is 12.9. The molecular weight excluding hydrogens is 375 g/mol. The van der Waals surface area contributed by atoms with Crippen LogP contribution in [-0.2, 0) is 4.79 Å². The number of hydrogen-bond donors (Lipinski definition) is 0. The Morgan fingerprint density at radius 3 is 2.64 bits per heavy atom. The van der Waals surface area contributed by atoms with Crippen molar-refractivity contribution in [2.24, 2.45) is 5.92 Å². The number of amides is 1. The SMILES string of the molecule is Cc1csc(SCC2CCN(C(=O)CSc3ccc(F)cc3)CC2)n1. The van der Waals surface area contributed by atoms with Crippen LogP contribution in [-0.4, -0.2) is 40.4 Å². The number of carbonyl (C=O) groups excluding carboxylic acids is 1. The summed E-state index contributed by atoms with van der Waals surface area (Å²) >= 11 is 5.02. The second-order valence-corrected chi connectivity index (χ2v) is 9.31. The number of halogens is 1. The molecule has 2 aromatic rings. The van der Waals surface area contributed by atoms with Gasteiger partial charge in [0.25, 0.3) is 0 Å². The molecule has 0 spiro atoms. The Labute approximate surface area is 160 Å². The molecule has 1 aliphatic heterocycles. The van der Waals surface area contributed by atoms with Crippen molar-refractivity contribution < 1.29 is 9.18 Å². The van der Waals surface area contributed by atoms with Crippen LogP contribution in [0.1, 0.15) is 18.5 Å². The Kier molecular flexibility index (Phi) is 6.78. The molecule has 134 valence electrons. The third-order valence-electron chi connectivity index (χ3n) is 4.18. The van der Waals surface area contributed by atoms with Crippen molar-refractivity contribution in [2.75, 3.05) is 24.6 Å². The van der Waals surface area contributed by atoms with Crippen molar-refractivity contribution in [3.05, 3.63) is 41.2 Å². The molecule has 1 amide bonds. The van der Waals surface area contributed by atoms with Gasteiger partial charge >= 0.3 is 0 Å². The molecule has 1 aliphatic rings. The average molecular weight is 397 g/mol. The predicted molar refractivity (Wildman–Crippen MR) is 104 cm³/mol. The largest absolute Gasteiger partial charge is 0.342 e. The highest BCUT2D eigenvalue weighted by Crippen LogP contribution is 2.29. The van der Waals surface area contributed by atoms with E-state index >= 15 is 0 Å². The van der Waals surface area contributed by atoms with Gasteiger partial charge in [0.05, 0.1) is 5.75 Å². The van der Waals surface area contributed by atoms with Crippen LogP contribution in [0.25, 0.3) is 0 Å². The molecule has 7 heteroatoms. The molecule has 1 aromatic heterocycles. The van der Waals surface area contributed by atoms with E-state index in [0.717, 1.165) is 46.6 Å². The highest BCUT2D eigenvalue weighted by molar-refractivity contribution is 8.01. The maximum Gasteiger partial charge on any atom is 0.232 e. The number of thiazole rings is 1. The van der Waals surface area contributed by atoms with Gasteiger partial charge in [-0.05, 0) is 49.9 Å². The van der Waals surface area contributed by atoms with Crippen LogP contribution in [0.15, 0.2) is 38.9 Å². The van der Waals surface area contributed by atoms with Crippen LogP contribution in [0.4, 0.5) is 4.39 Å². The lowest BCUT2D eigenvalue weighted by Crippen LogP contribution is -2.39. The molecule has 0 aliphatic carbocycles. The van der Waals surface area contributed by atoms with Crippen molar-refractivity contribution >= 4 is 40.8 Å². The molecule has 0 atom stereocenters. The van der Waals surface area contributed by atoms with Crippen molar-refractivity contribution in [2.45, 2.75) is 29.0 Å². The van der Waals surface area contributed by atoms with Crippen molar-refractivity contribution in [3.8, 4) is 0 Å². The highest BCUT2D eigenvalue weighted by atomic mass is 32.2. The van der Waals surface area contributed by atoms with E-state index < -0.39 is 0 Å². The van der Waals surface area contributed by atoms with Crippen LogP contribution in [0.3, 0.4) is 0 Å². The van der Waals surface area contributed by atoms with E-state index in [4.69, 9.17) is 0 Å². The number of rotatable bonds is 6. The van der Waals surface area contributed by atoms with Gasteiger partial charge < -0.3 is 4.90 Å². The van der Waals surface area contributed by atoms with Crippen LogP contribution in [0.5, 0.6) is 0 Å². The summed E-state index contributed by atoms with van der Waals surface area (Å²) in [5.41, 5.74) is 1.09. The van der Waals surface area contributed by atoms with E-state index in [9.17, 15) is 9.18 Å². The molecule has 3 rings (SSSR count). The van der Waals surface area contributed by atoms with E-state index in [1.165, 1.54) is 23.9 Å². The summed E-state index contributed by atoms with van der Waals surface area (Å²) in [6.45, 7) is 3.70. The van der Waals surface area contributed by atoms with E-state index in [-0.39, 0.29) is 11.7 Å². The molecule has 2 heterocycles. The summed E-state index contributed by atoms with van der Waals surface area (Å²) in [5.74, 6) is 2.09. The van der Waals surface area contributed by atoms with Gasteiger partial charge in [-0.15, -0.1) is 23.1 Å². The van der Waals surface area contributed by atoms with E-state index in [1.807, 2.05) is 23.6 Å². The van der Waals surface area contributed by atoms with Gasteiger partial charge in [0.2, 0.25) is 5.91 Å². The molecule has 0 N–H and O–H groups in total. The number of nitrogens with zero attached hydrogens (tertiary/aromatic N) is 2. The Morgan fingerprint density at radius 2 is 2.00 bits per heavy atom. The lowest BCUT2D eigenvalue weighted by Gasteiger charge is -2.31. The molecule has 25 heavy (non-hydrogen) atoms. The molecule has 0 bridgehead atoms. The van der Waals surface area contributed by atoms with Crippen LogP contribution in [0, 0.1) is 18.7 Å². The quantitative estimate of drug-likeness (QED) is 0.662. The lowest BCUT2D eigenvalue weighted by atomic mass is 9.99. The summed E-state index contributed by atoms with van der Waals surface area (Å²) in [6, 6.07) is 6.30. The van der Waals surface area contributed by atoms with E-state index in [1.54, 1.807) is 23.5 Å². The Bertz CT molecular complexity index is 697. The topological polar surface area (TPSA) is 33.2 Å². The van der Waals surface area contributed by atoms with Crippen LogP contribution >= 0.6 is 34.9 Å². The first-order valence-corrected chi connectivity index (χ1v) is 11.2. The second-order valence-electron chi connectivity index (χ2n) is 6.13. The normalized spacial score (nSPS) is 15.5. The van der Waals surface area contributed by atoms with E-state index in [0.29, 0.717) is 11.7 Å². The van der Waals surface area contributed by atoms with Crippen LogP contribution < -0.4 is 0 Å². The third-order valence-corrected chi connectivity index (χ3v) is 7.55. The molecule has 1 aromatic carbocycles. The molecular formula is C18H21FN2OS3. The highest BCUT2D eigenvalue weighted by Gasteiger charge is 2.23. The Balaban J connectivity index is 1.37. The van der Waals surface area contributed by atoms with Gasteiger partial charge in [-0.25, -0.2) is 9.37 Å². The summed E-state index contributed by atoms with van der Waals surface area (Å²) in [5, 5.41) is 2.09. The standard InChI is InChI=1S/C18H21FN2OS3/c1-13-10-24-18(20-13)25-11-14-6-8-21(9-7-14)17(22)12-23-16-4-2-15(19)3-5-16/h2-5,10,14H,6-9,11-12H2,1H3. The van der Waals surface area contributed by atoms with Gasteiger partial charge in [0.1, 0.15) is 10.2 Å². The first kappa shape index (κ1) is 18.7. The minimum absolute atomic E-state index is 0.177. The molecule has 1 fully saturated rings. The summed E-state index contributed by atoms with van der Waals surface area (Å²) in [7, 11) is 0. The summed E-state index contributed by atoms with van der Waals surface area (Å²) in [6.07, 6.45) is 2.12. The molecule has 3 nitrogen and oxygen atoms in total. The number of hydrogen-bond acceptors (Lipinski definition) is 5. The monoisotopic (exact) mass is 396 g/mol. The van der Waals surface area contributed by atoms with Gasteiger partial charge in [0.15, 0.2) is 0 Å². The van der Waals surface area contributed by atoms with Crippen molar-refractivity contribution in [1.82, 2.24) is 9.88 Å². The van der Waals surface area contributed by atoms with Gasteiger partial charge in [0, 0.05) is 34.8 Å². The number of aryl methyl sites for hydroxylation is 1. The average Bonchev–Trinajstić information content (AvgIpc) is 3.05. The maximum absolute atomic E-state index is 12.9. The fourth-order valence-corrected chi connectivity index (χ4v) is 5.57. The first-order valence-electron chi connectivity index (χ1n) is 8.31. The van der Waals surface area contributed by atoms with Crippen molar-refractivity contribution in [3.63, 3.8) is 0 Å². The molecule has 0 saturated carbocycles. The van der Waals surface area contributed by atoms with Crippen LogP contribution in [0.2, 0.25) is 0 Å². The molecule has 1 saturated heterocycles. The van der Waals surface area contributed by atoms with Crippen molar-refractivity contribution in [1.29, 1.82) is 0 Å². The fraction of sp³-hybridized carbons (Fsp3) is 0.444. The molecule has 0 radical (unpaired) electrons. The van der Waals surface area contributed by atoms with E-state index in [2.05, 4.69) is 10.4 Å². The zero-order valence-electron chi connectivity index (χ0n) is 14.1. The number of likely N-dealkylation sites (tertiary alicyclic amines) is 1. The number of carbonyl (C=O) groups is 1. The number of aromatic nitrogens is 1. The summed E-state index contributed by atoms with van der Waals surface area (Å²) < 4.78 is 14.0. The number of piperidine rings is 1. The Morgan fingerprint density at radius 1 is 1.28 bits per heavy atom. The smallest absolute Gasteiger partial charge is 0.232 e. The van der Waals surface area contributed by atoms with Gasteiger partial charge in [-0.3, -0.25) is 4.79 Å². The minimum atomic E-state index is -0.247. The fourth-order valence-electron chi connectivity index (χ4n) is 2.70. The third kappa shape index (κ3) is 5.72. The number of benzene rings is 1. The first-order chi connectivity index (χ1) is 12.1. The minimum Gasteiger partial charge on any atom is -0.342 e. The number of thioether (sulfide) groups is 2. The zero-order valence-corrected chi connectivity index (χ0v) is 16.6. The van der Waals surface area contributed by atoms with Gasteiger partial charge in [-0.2, -0.15) is 0 Å². The lowest BCUT2D eigenvalue weighted by molar-refractivity contribution is -0.129. The van der Waals surface area contributed by atoms with Gasteiger partial charge in [-0.1, -0.05) is 11.8 Å². The second kappa shape index (κ2) is 9.05. The Hall–Kier alpha value is -1.05. The predicted octanol–water partition coefficient (Wildman–Crippen LogP) is 4.71. The zero-order chi connectivity index (χ0) is 17.6. The summed E-state index contributed by atoms with van der Waals surface area (Å²) in [4.78, 5) is 19.7.